The van der Waals surface area contributed by atoms with Gasteiger partial charge in [0.1, 0.15) is 6.61 Å². The highest BCUT2D eigenvalue weighted by molar-refractivity contribution is 5.70. The third-order valence-corrected chi connectivity index (χ3v) is 10.8. The van der Waals surface area contributed by atoms with Crippen LogP contribution in [0.25, 0.3) is 0 Å². The Morgan fingerprint density at radius 3 is 1.16 bits per heavy atom. The van der Waals surface area contributed by atoms with E-state index >= 15 is 0 Å². The van der Waals surface area contributed by atoms with Crippen LogP contribution in [0.3, 0.4) is 0 Å². The fourth-order valence-corrected chi connectivity index (χ4v) is 6.90. The van der Waals surface area contributed by atoms with Crippen LogP contribution >= 0.6 is 0 Å². The number of esters is 2. The van der Waals surface area contributed by atoms with E-state index < -0.39 is 6.10 Å². The van der Waals surface area contributed by atoms with Crippen LogP contribution in [0, 0.1) is 0 Å². The van der Waals surface area contributed by atoms with Crippen molar-refractivity contribution in [1.82, 2.24) is 0 Å². The predicted molar refractivity (Wildman–Crippen MR) is 279 cm³/mol. The van der Waals surface area contributed by atoms with Gasteiger partial charge >= 0.3 is 11.9 Å². The fourth-order valence-electron chi connectivity index (χ4n) is 6.90. The second-order valence-electron chi connectivity index (χ2n) is 17.0. The Hall–Kier alpha value is -3.44. The molecule has 0 aromatic heterocycles. The van der Waals surface area contributed by atoms with Gasteiger partial charge in [-0.3, -0.25) is 9.59 Å². The third-order valence-electron chi connectivity index (χ3n) is 10.8. The van der Waals surface area contributed by atoms with Crippen LogP contribution in [0.2, 0.25) is 0 Å². The van der Waals surface area contributed by atoms with Crippen LogP contribution in [0.5, 0.6) is 0 Å². The molecule has 0 aromatic rings. The molecular formula is C59H98O5. The third kappa shape index (κ3) is 51.2. The molecule has 0 heterocycles. The van der Waals surface area contributed by atoms with E-state index in [0.717, 1.165) is 109 Å². The molecule has 1 unspecified atom stereocenters. The lowest BCUT2D eigenvalue weighted by molar-refractivity contribution is -0.163. The van der Waals surface area contributed by atoms with Crippen molar-refractivity contribution in [3.05, 3.63) is 109 Å². The number of carbonyl (C=O) groups is 2. The quantitative estimate of drug-likeness (QED) is 0.0346. The summed E-state index contributed by atoms with van der Waals surface area (Å²) in [6.45, 7) is 7.49. The molecule has 0 aromatic carbocycles. The minimum absolute atomic E-state index is 0.0448. The number of unbranched alkanes of at least 4 members (excludes halogenated alkanes) is 18. The highest BCUT2D eigenvalue weighted by Crippen LogP contribution is 2.13. The standard InChI is InChI=1S/C59H98O5/c1-4-7-10-13-16-19-22-25-27-28-29-30-31-33-36-39-42-45-48-51-54-62-55-57(64-59(61)53-50-47-44-41-38-34-24-21-18-15-12-9-6-3)56-63-58(60)52-49-46-43-40-37-35-32-26-23-20-17-14-11-8-5-2/h8-9,11-12,16-21,25-27,32,34,37-38,40,57H,4-7,10,13-15,22-24,28-31,33,35-36,39,41-56H2,1-3H3/b11-8-,12-9-,19-16-,20-17-,21-18-,27-25-,32-26-,38-34-,40-37-. The van der Waals surface area contributed by atoms with E-state index in [1.807, 2.05) is 0 Å². The minimum atomic E-state index is -0.576. The molecular weight excluding hydrogens is 789 g/mol. The van der Waals surface area contributed by atoms with Gasteiger partial charge < -0.3 is 14.2 Å². The molecule has 0 saturated carbocycles. The van der Waals surface area contributed by atoms with Crippen LogP contribution in [-0.4, -0.2) is 37.9 Å². The maximum Gasteiger partial charge on any atom is 0.306 e. The maximum absolute atomic E-state index is 12.8. The van der Waals surface area contributed by atoms with Crippen molar-refractivity contribution in [2.75, 3.05) is 19.8 Å². The molecule has 0 saturated heterocycles. The lowest BCUT2D eigenvalue weighted by Crippen LogP contribution is -2.30. The number of allylic oxidation sites excluding steroid dienone is 18. The fraction of sp³-hybridized carbons (Fsp3) is 0.661. The van der Waals surface area contributed by atoms with E-state index in [1.54, 1.807) is 0 Å². The van der Waals surface area contributed by atoms with E-state index in [1.165, 1.54) is 83.5 Å². The molecule has 0 radical (unpaired) electrons. The van der Waals surface area contributed by atoms with Crippen molar-refractivity contribution < 1.29 is 23.8 Å². The van der Waals surface area contributed by atoms with Crippen molar-refractivity contribution >= 4 is 11.9 Å². The van der Waals surface area contributed by atoms with Crippen LogP contribution in [0.1, 0.15) is 226 Å². The highest BCUT2D eigenvalue weighted by Gasteiger charge is 2.17. The zero-order valence-corrected chi connectivity index (χ0v) is 41.8. The number of carbonyl (C=O) groups excluding carboxylic acids is 2. The van der Waals surface area contributed by atoms with Crippen molar-refractivity contribution in [2.45, 2.75) is 232 Å². The van der Waals surface area contributed by atoms with Gasteiger partial charge in [-0.2, -0.15) is 0 Å². The van der Waals surface area contributed by atoms with E-state index in [-0.39, 0.29) is 25.2 Å². The monoisotopic (exact) mass is 887 g/mol. The van der Waals surface area contributed by atoms with Crippen LogP contribution < -0.4 is 0 Å². The molecule has 364 valence electrons. The van der Waals surface area contributed by atoms with E-state index in [9.17, 15) is 9.59 Å². The van der Waals surface area contributed by atoms with Gasteiger partial charge in [-0.05, 0) is 122 Å². The van der Waals surface area contributed by atoms with Gasteiger partial charge in [-0.25, -0.2) is 0 Å². The Morgan fingerprint density at radius 1 is 0.359 bits per heavy atom. The zero-order chi connectivity index (χ0) is 46.3. The summed E-state index contributed by atoms with van der Waals surface area (Å²) in [6, 6.07) is 0. The van der Waals surface area contributed by atoms with Crippen molar-refractivity contribution in [3.8, 4) is 0 Å². The van der Waals surface area contributed by atoms with Gasteiger partial charge in [0, 0.05) is 19.4 Å². The average Bonchev–Trinajstić information content (AvgIpc) is 3.30. The van der Waals surface area contributed by atoms with Crippen LogP contribution in [0.4, 0.5) is 0 Å². The summed E-state index contributed by atoms with van der Waals surface area (Å²) in [5, 5.41) is 0. The second kappa shape index (κ2) is 53.9. The summed E-state index contributed by atoms with van der Waals surface area (Å²) >= 11 is 0. The summed E-state index contributed by atoms with van der Waals surface area (Å²) in [5.41, 5.74) is 0. The topological polar surface area (TPSA) is 61.8 Å². The first kappa shape index (κ1) is 60.6. The predicted octanol–water partition coefficient (Wildman–Crippen LogP) is 18.0. The molecule has 0 N–H and O–H groups in total. The molecule has 5 nitrogen and oxygen atoms in total. The summed E-state index contributed by atoms with van der Waals surface area (Å²) in [6.07, 6.45) is 73.9. The molecule has 0 aliphatic carbocycles. The normalized spacial score (nSPS) is 13.1. The Balaban J connectivity index is 4.35. The van der Waals surface area contributed by atoms with Gasteiger partial charge in [0.15, 0.2) is 6.10 Å². The Bertz CT molecular complexity index is 1280. The Morgan fingerprint density at radius 2 is 0.703 bits per heavy atom. The summed E-state index contributed by atoms with van der Waals surface area (Å²) in [5.74, 6) is -0.485. The number of hydrogen-bond acceptors (Lipinski definition) is 5. The number of rotatable bonds is 47. The molecule has 0 spiro atoms. The second-order valence-corrected chi connectivity index (χ2v) is 17.0. The molecule has 64 heavy (non-hydrogen) atoms. The molecule has 0 amide bonds. The lowest BCUT2D eigenvalue weighted by atomic mass is 10.1. The Labute approximate surface area is 395 Å². The summed E-state index contributed by atoms with van der Waals surface area (Å²) in [7, 11) is 0. The molecule has 0 bridgehead atoms. The van der Waals surface area contributed by atoms with Gasteiger partial charge in [-0.1, -0.05) is 201 Å². The van der Waals surface area contributed by atoms with Crippen LogP contribution in [0.15, 0.2) is 109 Å². The zero-order valence-electron chi connectivity index (χ0n) is 41.8. The van der Waals surface area contributed by atoms with Gasteiger partial charge in [0.2, 0.25) is 0 Å². The molecule has 0 aliphatic rings. The lowest BCUT2D eigenvalue weighted by Gasteiger charge is -2.18. The first-order valence-electron chi connectivity index (χ1n) is 26.4. The molecule has 0 rings (SSSR count). The van der Waals surface area contributed by atoms with Gasteiger partial charge in [-0.15, -0.1) is 0 Å². The highest BCUT2D eigenvalue weighted by atomic mass is 16.6. The van der Waals surface area contributed by atoms with Crippen LogP contribution in [-0.2, 0) is 23.8 Å². The minimum Gasteiger partial charge on any atom is -0.462 e. The maximum atomic E-state index is 12.8. The Kier molecular flexibility index (Phi) is 51.0. The molecule has 5 heteroatoms. The number of ether oxygens (including phenoxy) is 3. The number of hydrogen-bond donors (Lipinski definition) is 0. The summed E-state index contributed by atoms with van der Waals surface area (Å²) < 4.78 is 17.4. The van der Waals surface area contributed by atoms with E-state index in [2.05, 4.69) is 130 Å². The van der Waals surface area contributed by atoms with Crippen molar-refractivity contribution in [3.63, 3.8) is 0 Å². The van der Waals surface area contributed by atoms with Crippen molar-refractivity contribution in [2.24, 2.45) is 0 Å². The summed E-state index contributed by atoms with van der Waals surface area (Å²) in [4.78, 5) is 25.4. The first-order valence-corrected chi connectivity index (χ1v) is 26.4. The largest absolute Gasteiger partial charge is 0.462 e. The SMILES string of the molecule is CC/C=C\C/C=C\C/C=C\C/C=C\CCCCC(=O)OCC(COCCCCCCCCCCCC/C=C\C/C=C\CCCCC)OC(=O)CCCCC/C=C\C/C=C\C/C=C\CC. The van der Waals surface area contributed by atoms with Gasteiger partial charge in [0.05, 0.1) is 6.61 Å². The molecule has 1 atom stereocenters. The average molecular weight is 887 g/mol. The molecule has 0 aliphatic heterocycles. The molecule has 0 fully saturated rings. The van der Waals surface area contributed by atoms with Crippen molar-refractivity contribution in [1.29, 1.82) is 0 Å². The van der Waals surface area contributed by atoms with Gasteiger partial charge in [0.25, 0.3) is 0 Å². The van der Waals surface area contributed by atoms with E-state index in [4.69, 9.17) is 14.2 Å². The smallest absolute Gasteiger partial charge is 0.306 e. The van der Waals surface area contributed by atoms with E-state index in [0.29, 0.717) is 19.4 Å². The first-order chi connectivity index (χ1) is 31.6.